The average Bonchev–Trinajstić information content (AvgIpc) is 2.81. The number of hydrogen-bond acceptors (Lipinski definition) is 4. The van der Waals surface area contributed by atoms with E-state index < -0.39 is 5.97 Å². The molecule has 0 saturated carbocycles. The second-order valence-corrected chi connectivity index (χ2v) is 4.18. The summed E-state index contributed by atoms with van der Waals surface area (Å²) in [5.74, 6) is -0.435. The molecule has 2 rings (SSSR count). The van der Waals surface area contributed by atoms with Gasteiger partial charge < -0.3 is 4.74 Å². The molecule has 0 amide bonds. The number of esters is 1. The number of methoxy groups -OCH3 is 1. The van der Waals surface area contributed by atoms with Gasteiger partial charge in [0.1, 0.15) is 6.33 Å². The Morgan fingerprint density at radius 1 is 1.33 bits per heavy atom. The van der Waals surface area contributed by atoms with Crippen LogP contribution in [0, 0.1) is 13.8 Å². The topological polar surface area (TPSA) is 57.0 Å². The fourth-order valence-electron chi connectivity index (χ4n) is 1.64. The largest absolute Gasteiger partial charge is 0.463 e. The predicted molar refractivity (Wildman–Crippen MR) is 66.4 cm³/mol. The van der Waals surface area contributed by atoms with Crippen LogP contribution in [0.4, 0.5) is 0 Å². The lowest BCUT2D eigenvalue weighted by Gasteiger charge is -2.04. The Morgan fingerprint density at radius 2 is 2.11 bits per heavy atom. The molecule has 0 N–H and O–H groups in total. The molecule has 0 spiro atoms. The first kappa shape index (κ1) is 12.3. The summed E-state index contributed by atoms with van der Waals surface area (Å²) in [6, 6.07) is 6.22. The molecule has 5 nitrogen and oxygen atoms in total. The number of nitrogens with zero attached hydrogens (tertiary/aromatic N) is 3. The zero-order valence-electron chi connectivity index (χ0n) is 10.7. The predicted octanol–water partition coefficient (Wildman–Crippen LogP) is 1.73. The molecule has 2 aromatic rings. The van der Waals surface area contributed by atoms with Crippen molar-refractivity contribution in [1.82, 2.24) is 14.8 Å². The van der Waals surface area contributed by atoms with Gasteiger partial charge in [-0.3, -0.25) is 0 Å². The molecule has 1 aromatic carbocycles. The molecular formula is C13H15N3O2. The van der Waals surface area contributed by atoms with Crippen molar-refractivity contribution >= 4 is 5.97 Å². The van der Waals surface area contributed by atoms with Gasteiger partial charge in [0.25, 0.3) is 5.82 Å². The molecule has 0 atom stereocenters. The SMILES string of the molecule is COC(=O)c1ncn(Cc2ccc(C)c(C)c2)n1. The normalized spacial score (nSPS) is 10.4. The van der Waals surface area contributed by atoms with E-state index in [4.69, 9.17) is 0 Å². The highest BCUT2D eigenvalue weighted by Crippen LogP contribution is 2.10. The standard InChI is InChI=1S/C13H15N3O2/c1-9-4-5-11(6-10(9)2)7-16-8-14-12(15-16)13(17)18-3/h4-6,8H,7H2,1-3H3. The van der Waals surface area contributed by atoms with E-state index in [-0.39, 0.29) is 5.82 Å². The van der Waals surface area contributed by atoms with Crippen LogP contribution in [0.3, 0.4) is 0 Å². The zero-order valence-corrected chi connectivity index (χ0v) is 10.7. The quantitative estimate of drug-likeness (QED) is 0.773. The van der Waals surface area contributed by atoms with Crippen LogP contribution < -0.4 is 0 Å². The molecule has 0 saturated heterocycles. The number of rotatable bonds is 3. The van der Waals surface area contributed by atoms with E-state index in [9.17, 15) is 4.79 Å². The van der Waals surface area contributed by atoms with Crippen LogP contribution >= 0.6 is 0 Å². The first-order valence-electron chi connectivity index (χ1n) is 5.64. The zero-order chi connectivity index (χ0) is 13.1. The summed E-state index contributed by atoms with van der Waals surface area (Å²) in [5, 5.41) is 4.06. The summed E-state index contributed by atoms with van der Waals surface area (Å²) in [4.78, 5) is 15.1. The number of benzene rings is 1. The minimum Gasteiger partial charge on any atom is -0.463 e. The Hall–Kier alpha value is -2.17. The Morgan fingerprint density at radius 3 is 2.78 bits per heavy atom. The third-order valence-corrected chi connectivity index (χ3v) is 2.82. The van der Waals surface area contributed by atoms with E-state index in [1.807, 2.05) is 6.07 Å². The first-order valence-corrected chi connectivity index (χ1v) is 5.64. The molecule has 94 valence electrons. The van der Waals surface area contributed by atoms with E-state index in [1.165, 1.54) is 24.6 Å². The number of aromatic nitrogens is 3. The maximum Gasteiger partial charge on any atom is 0.377 e. The minimum absolute atomic E-state index is 0.0846. The first-order chi connectivity index (χ1) is 8.60. The van der Waals surface area contributed by atoms with Crippen molar-refractivity contribution < 1.29 is 9.53 Å². The lowest BCUT2D eigenvalue weighted by Crippen LogP contribution is -2.06. The molecule has 5 heteroatoms. The molecule has 0 aliphatic heterocycles. The second kappa shape index (κ2) is 5.00. The van der Waals surface area contributed by atoms with E-state index in [2.05, 4.69) is 40.8 Å². The van der Waals surface area contributed by atoms with Crippen molar-refractivity contribution in [3.8, 4) is 0 Å². The van der Waals surface area contributed by atoms with Crippen LogP contribution in [0.25, 0.3) is 0 Å². The van der Waals surface area contributed by atoms with E-state index in [0.29, 0.717) is 6.54 Å². The maximum atomic E-state index is 11.2. The molecule has 1 aromatic heterocycles. The van der Waals surface area contributed by atoms with Crippen molar-refractivity contribution in [2.75, 3.05) is 7.11 Å². The van der Waals surface area contributed by atoms with Gasteiger partial charge in [0.2, 0.25) is 0 Å². The van der Waals surface area contributed by atoms with Gasteiger partial charge in [-0.05, 0) is 30.5 Å². The van der Waals surface area contributed by atoms with Crippen LogP contribution in [-0.2, 0) is 11.3 Å². The summed E-state index contributed by atoms with van der Waals surface area (Å²) in [6.07, 6.45) is 1.53. The third-order valence-electron chi connectivity index (χ3n) is 2.82. The molecule has 0 radical (unpaired) electrons. The lowest BCUT2D eigenvalue weighted by molar-refractivity contribution is 0.0586. The number of carbonyl (C=O) groups excluding carboxylic acids is 1. The lowest BCUT2D eigenvalue weighted by atomic mass is 10.1. The van der Waals surface area contributed by atoms with Gasteiger partial charge in [0.05, 0.1) is 13.7 Å². The van der Waals surface area contributed by atoms with E-state index >= 15 is 0 Å². The highest BCUT2D eigenvalue weighted by molar-refractivity contribution is 5.84. The number of carbonyl (C=O) groups is 1. The van der Waals surface area contributed by atoms with Crippen molar-refractivity contribution in [2.45, 2.75) is 20.4 Å². The van der Waals surface area contributed by atoms with Crippen LogP contribution in [0.5, 0.6) is 0 Å². The van der Waals surface area contributed by atoms with Crippen molar-refractivity contribution in [2.24, 2.45) is 0 Å². The van der Waals surface area contributed by atoms with Gasteiger partial charge in [-0.15, -0.1) is 5.10 Å². The smallest absolute Gasteiger partial charge is 0.377 e. The van der Waals surface area contributed by atoms with Gasteiger partial charge in [-0.25, -0.2) is 14.5 Å². The monoisotopic (exact) mass is 245 g/mol. The van der Waals surface area contributed by atoms with Crippen LogP contribution in [0.2, 0.25) is 0 Å². The van der Waals surface area contributed by atoms with Crippen molar-refractivity contribution in [3.05, 3.63) is 47.0 Å². The molecule has 18 heavy (non-hydrogen) atoms. The van der Waals surface area contributed by atoms with Gasteiger partial charge in [0.15, 0.2) is 0 Å². The second-order valence-electron chi connectivity index (χ2n) is 4.18. The molecule has 0 bridgehead atoms. The summed E-state index contributed by atoms with van der Waals surface area (Å²) >= 11 is 0. The Labute approximate surface area is 105 Å². The Bertz CT molecular complexity index is 575. The van der Waals surface area contributed by atoms with E-state index in [0.717, 1.165) is 5.56 Å². The van der Waals surface area contributed by atoms with Gasteiger partial charge in [0, 0.05) is 0 Å². The number of aryl methyl sites for hydroxylation is 2. The number of hydrogen-bond donors (Lipinski definition) is 0. The Balaban J connectivity index is 2.16. The van der Waals surface area contributed by atoms with Gasteiger partial charge in [-0.2, -0.15) is 0 Å². The van der Waals surface area contributed by atoms with E-state index in [1.54, 1.807) is 4.68 Å². The fraction of sp³-hybridized carbons (Fsp3) is 0.308. The average molecular weight is 245 g/mol. The number of ether oxygens (including phenoxy) is 1. The molecular weight excluding hydrogens is 230 g/mol. The van der Waals surface area contributed by atoms with Gasteiger partial charge >= 0.3 is 5.97 Å². The summed E-state index contributed by atoms with van der Waals surface area (Å²) in [7, 11) is 1.31. The molecule has 0 aliphatic carbocycles. The third kappa shape index (κ3) is 2.56. The molecule has 1 heterocycles. The molecule has 0 aliphatic rings. The van der Waals surface area contributed by atoms with Crippen LogP contribution in [-0.4, -0.2) is 27.8 Å². The van der Waals surface area contributed by atoms with Crippen LogP contribution in [0.15, 0.2) is 24.5 Å². The van der Waals surface area contributed by atoms with Crippen molar-refractivity contribution in [1.29, 1.82) is 0 Å². The van der Waals surface area contributed by atoms with Crippen LogP contribution in [0.1, 0.15) is 27.3 Å². The van der Waals surface area contributed by atoms with Crippen molar-refractivity contribution in [3.63, 3.8) is 0 Å². The maximum absolute atomic E-state index is 11.2. The highest BCUT2D eigenvalue weighted by atomic mass is 16.5. The summed E-state index contributed by atoms with van der Waals surface area (Å²) in [5.41, 5.74) is 3.62. The summed E-state index contributed by atoms with van der Waals surface area (Å²) in [6.45, 7) is 4.73. The minimum atomic E-state index is -0.520. The fourth-order valence-corrected chi connectivity index (χ4v) is 1.64. The Kier molecular flexibility index (Phi) is 3.41. The molecule has 0 unspecified atom stereocenters. The molecule has 0 fully saturated rings. The van der Waals surface area contributed by atoms with Gasteiger partial charge in [-0.1, -0.05) is 18.2 Å². The summed E-state index contributed by atoms with van der Waals surface area (Å²) < 4.78 is 6.18. The highest BCUT2D eigenvalue weighted by Gasteiger charge is 2.11.